The van der Waals surface area contributed by atoms with Gasteiger partial charge in [0.1, 0.15) is 5.75 Å². The summed E-state index contributed by atoms with van der Waals surface area (Å²) in [7, 11) is 1.61. The van der Waals surface area contributed by atoms with Gasteiger partial charge in [0.25, 0.3) is 5.91 Å². The Morgan fingerprint density at radius 2 is 2.00 bits per heavy atom. The lowest BCUT2D eigenvalue weighted by molar-refractivity contribution is 0.0952. The summed E-state index contributed by atoms with van der Waals surface area (Å²) < 4.78 is 5.21. The minimum atomic E-state index is -0.0457. The molecule has 0 saturated heterocycles. The largest absolute Gasteiger partial charge is 0.496 e. The zero-order valence-electron chi connectivity index (χ0n) is 11.7. The van der Waals surface area contributed by atoms with Gasteiger partial charge in [0.05, 0.1) is 7.11 Å². The van der Waals surface area contributed by atoms with E-state index < -0.39 is 0 Å². The molecule has 1 aromatic carbocycles. The molecule has 0 saturated carbocycles. The Labute approximate surface area is 120 Å². The molecule has 0 aliphatic rings. The molecule has 106 valence electrons. The Morgan fingerprint density at radius 1 is 1.26 bits per heavy atom. The van der Waals surface area contributed by atoms with Gasteiger partial charge in [-0.3, -0.25) is 4.79 Å². The van der Waals surface area contributed by atoms with Crippen molar-refractivity contribution in [1.82, 2.24) is 5.32 Å². The topological polar surface area (TPSA) is 38.3 Å². The van der Waals surface area contributed by atoms with Gasteiger partial charge in [0.2, 0.25) is 0 Å². The van der Waals surface area contributed by atoms with Gasteiger partial charge < -0.3 is 10.1 Å². The number of aryl methyl sites for hydroxylation is 1. The minimum absolute atomic E-state index is 0.0457. The highest BCUT2D eigenvalue weighted by atomic mass is 35.5. The van der Waals surface area contributed by atoms with Crippen molar-refractivity contribution in [2.75, 3.05) is 19.5 Å². The highest BCUT2D eigenvalue weighted by Gasteiger charge is 2.07. The van der Waals surface area contributed by atoms with E-state index >= 15 is 0 Å². The van der Waals surface area contributed by atoms with Crippen molar-refractivity contribution in [3.05, 3.63) is 29.3 Å². The first-order chi connectivity index (χ1) is 9.19. The monoisotopic (exact) mass is 283 g/mol. The van der Waals surface area contributed by atoms with Crippen LogP contribution in [0.1, 0.15) is 41.6 Å². The Kier molecular flexibility index (Phi) is 7.34. The van der Waals surface area contributed by atoms with Crippen LogP contribution in [-0.2, 0) is 0 Å². The second-order valence-electron chi connectivity index (χ2n) is 4.54. The van der Waals surface area contributed by atoms with Gasteiger partial charge in [-0.05, 0) is 37.5 Å². The number of nitrogens with one attached hydrogen (secondary N) is 1. The van der Waals surface area contributed by atoms with Gasteiger partial charge in [0, 0.05) is 18.0 Å². The molecule has 1 rings (SSSR count). The number of hydrogen-bond acceptors (Lipinski definition) is 2. The number of amides is 1. The van der Waals surface area contributed by atoms with Crippen LogP contribution in [0, 0.1) is 6.92 Å². The lowest BCUT2D eigenvalue weighted by Gasteiger charge is -2.08. The number of ether oxygens (including phenoxy) is 1. The van der Waals surface area contributed by atoms with Gasteiger partial charge in [-0.15, -0.1) is 11.6 Å². The van der Waals surface area contributed by atoms with E-state index in [1.54, 1.807) is 13.2 Å². The molecule has 1 aromatic rings. The van der Waals surface area contributed by atoms with Crippen molar-refractivity contribution in [3.63, 3.8) is 0 Å². The standard InChI is InChI=1S/C15H22ClNO2/c1-12-7-8-13(11-14(12)19-2)15(18)17-10-6-4-3-5-9-16/h7-8,11H,3-6,9-10H2,1-2H3,(H,17,18). The molecule has 0 spiro atoms. The van der Waals surface area contributed by atoms with Gasteiger partial charge in [-0.25, -0.2) is 0 Å². The van der Waals surface area contributed by atoms with Gasteiger partial charge >= 0.3 is 0 Å². The molecule has 1 amide bonds. The van der Waals surface area contributed by atoms with E-state index in [1.807, 2.05) is 19.1 Å². The molecule has 0 heterocycles. The van der Waals surface area contributed by atoms with Crippen LogP contribution in [0.5, 0.6) is 5.75 Å². The molecule has 0 atom stereocenters. The molecule has 19 heavy (non-hydrogen) atoms. The second kappa shape index (κ2) is 8.81. The van der Waals surface area contributed by atoms with E-state index in [-0.39, 0.29) is 5.91 Å². The Balaban J connectivity index is 2.37. The summed E-state index contributed by atoms with van der Waals surface area (Å²) in [6, 6.07) is 5.49. The second-order valence-corrected chi connectivity index (χ2v) is 4.92. The van der Waals surface area contributed by atoms with Crippen LogP contribution in [-0.4, -0.2) is 25.4 Å². The third-order valence-corrected chi connectivity index (χ3v) is 3.28. The first-order valence-electron chi connectivity index (χ1n) is 6.68. The molecule has 3 nitrogen and oxygen atoms in total. The molecule has 0 aliphatic carbocycles. The van der Waals surface area contributed by atoms with Crippen molar-refractivity contribution < 1.29 is 9.53 Å². The van der Waals surface area contributed by atoms with Gasteiger partial charge in [-0.2, -0.15) is 0 Å². The molecule has 1 N–H and O–H groups in total. The lowest BCUT2D eigenvalue weighted by Crippen LogP contribution is -2.24. The van der Waals surface area contributed by atoms with Crippen molar-refractivity contribution in [2.45, 2.75) is 32.6 Å². The molecule has 0 unspecified atom stereocenters. The third kappa shape index (κ3) is 5.52. The number of hydrogen-bond donors (Lipinski definition) is 1. The Bertz CT molecular complexity index is 407. The highest BCUT2D eigenvalue weighted by Crippen LogP contribution is 2.18. The summed E-state index contributed by atoms with van der Waals surface area (Å²) in [5, 5.41) is 2.92. The SMILES string of the molecule is COc1cc(C(=O)NCCCCCCCl)ccc1C. The van der Waals surface area contributed by atoms with E-state index in [0.29, 0.717) is 12.1 Å². The van der Waals surface area contributed by atoms with Crippen LogP contribution < -0.4 is 10.1 Å². The fraction of sp³-hybridized carbons (Fsp3) is 0.533. The molecule has 0 aromatic heterocycles. The maximum Gasteiger partial charge on any atom is 0.251 e. The molecular formula is C15H22ClNO2. The summed E-state index contributed by atoms with van der Waals surface area (Å²) in [5.74, 6) is 1.42. The minimum Gasteiger partial charge on any atom is -0.496 e. The molecule has 0 bridgehead atoms. The van der Waals surface area contributed by atoms with Crippen LogP contribution in [0.4, 0.5) is 0 Å². The molecule has 0 fully saturated rings. The normalized spacial score (nSPS) is 10.3. The summed E-state index contributed by atoms with van der Waals surface area (Å²) >= 11 is 5.60. The van der Waals surface area contributed by atoms with Crippen LogP contribution in [0.15, 0.2) is 18.2 Å². The number of carbonyl (C=O) groups is 1. The van der Waals surface area contributed by atoms with E-state index in [2.05, 4.69) is 5.32 Å². The lowest BCUT2D eigenvalue weighted by atomic mass is 10.1. The van der Waals surface area contributed by atoms with Gasteiger partial charge in [0.15, 0.2) is 0 Å². The van der Waals surface area contributed by atoms with Crippen molar-refractivity contribution in [2.24, 2.45) is 0 Å². The maximum absolute atomic E-state index is 11.9. The quantitative estimate of drug-likeness (QED) is 0.585. The number of rotatable bonds is 8. The number of carbonyl (C=O) groups excluding carboxylic acids is 1. The first kappa shape index (κ1) is 15.8. The smallest absolute Gasteiger partial charge is 0.251 e. The number of unbranched alkanes of at least 4 members (excludes halogenated alkanes) is 3. The third-order valence-electron chi connectivity index (χ3n) is 3.02. The van der Waals surface area contributed by atoms with Crippen LogP contribution >= 0.6 is 11.6 Å². The average Bonchev–Trinajstić information content (AvgIpc) is 2.43. The fourth-order valence-corrected chi connectivity index (χ4v) is 2.03. The van der Waals surface area contributed by atoms with E-state index in [9.17, 15) is 4.79 Å². The maximum atomic E-state index is 11.9. The van der Waals surface area contributed by atoms with E-state index in [0.717, 1.165) is 42.9 Å². The molecule has 4 heteroatoms. The zero-order chi connectivity index (χ0) is 14.1. The van der Waals surface area contributed by atoms with Crippen molar-refractivity contribution >= 4 is 17.5 Å². The summed E-state index contributed by atoms with van der Waals surface area (Å²) in [6.45, 7) is 2.66. The van der Waals surface area contributed by atoms with Gasteiger partial charge in [-0.1, -0.05) is 18.9 Å². The number of benzene rings is 1. The van der Waals surface area contributed by atoms with E-state index in [4.69, 9.17) is 16.3 Å². The van der Waals surface area contributed by atoms with Crippen molar-refractivity contribution in [1.29, 1.82) is 0 Å². The summed E-state index contributed by atoms with van der Waals surface area (Å²) in [5.41, 5.74) is 1.67. The Hall–Kier alpha value is -1.22. The first-order valence-corrected chi connectivity index (χ1v) is 7.21. The summed E-state index contributed by atoms with van der Waals surface area (Å²) in [4.78, 5) is 11.9. The van der Waals surface area contributed by atoms with Crippen LogP contribution in [0.25, 0.3) is 0 Å². The fourth-order valence-electron chi connectivity index (χ4n) is 1.84. The number of methoxy groups -OCH3 is 1. The Morgan fingerprint density at radius 3 is 2.68 bits per heavy atom. The molecule has 0 radical (unpaired) electrons. The zero-order valence-corrected chi connectivity index (χ0v) is 12.4. The molecular weight excluding hydrogens is 262 g/mol. The highest BCUT2D eigenvalue weighted by molar-refractivity contribution is 6.17. The summed E-state index contributed by atoms with van der Waals surface area (Å²) in [6.07, 6.45) is 4.26. The average molecular weight is 284 g/mol. The van der Waals surface area contributed by atoms with Crippen LogP contribution in [0.2, 0.25) is 0 Å². The number of alkyl halides is 1. The molecule has 0 aliphatic heterocycles. The van der Waals surface area contributed by atoms with Crippen LogP contribution in [0.3, 0.4) is 0 Å². The van der Waals surface area contributed by atoms with Crippen molar-refractivity contribution in [3.8, 4) is 5.75 Å². The predicted molar refractivity (Wildman–Crippen MR) is 79.3 cm³/mol. The number of halogens is 1. The van der Waals surface area contributed by atoms with E-state index in [1.165, 1.54) is 0 Å². The predicted octanol–water partition coefficient (Wildman–Crippen LogP) is 3.53.